The third-order valence-electron chi connectivity index (χ3n) is 5.84. The van der Waals surface area contributed by atoms with Crippen LogP contribution in [0.25, 0.3) is 11.4 Å². The number of aromatic nitrogens is 3. The number of rotatable bonds is 5. The van der Waals surface area contributed by atoms with Crippen LogP contribution in [0.2, 0.25) is 0 Å². The Morgan fingerprint density at radius 3 is 2.78 bits per heavy atom. The van der Waals surface area contributed by atoms with Gasteiger partial charge >= 0.3 is 0 Å². The lowest BCUT2D eigenvalue weighted by Crippen LogP contribution is -2.32. The van der Waals surface area contributed by atoms with Crippen molar-refractivity contribution >= 4 is 17.7 Å². The Balaban J connectivity index is 1.24. The highest BCUT2D eigenvalue weighted by Crippen LogP contribution is 2.38. The topological polar surface area (TPSA) is 80.3 Å². The molecule has 166 valence electrons. The summed E-state index contributed by atoms with van der Waals surface area (Å²) in [6.07, 6.45) is 2.82. The van der Waals surface area contributed by atoms with Crippen LogP contribution in [0.4, 0.5) is 0 Å². The third-order valence-corrected chi connectivity index (χ3v) is 6.68. The molecule has 8 heteroatoms. The number of amides is 1. The number of aromatic amines is 1. The summed E-state index contributed by atoms with van der Waals surface area (Å²) in [6, 6.07) is 14.2. The summed E-state index contributed by atoms with van der Waals surface area (Å²) in [5, 5.41) is 7.83. The normalized spacial score (nSPS) is 17.9. The van der Waals surface area contributed by atoms with E-state index in [2.05, 4.69) is 28.2 Å². The molecule has 7 nitrogen and oxygen atoms in total. The van der Waals surface area contributed by atoms with Gasteiger partial charge in [0, 0.05) is 18.5 Å². The first-order valence-corrected chi connectivity index (χ1v) is 12.0. The van der Waals surface area contributed by atoms with Crippen molar-refractivity contribution in [1.29, 1.82) is 0 Å². The van der Waals surface area contributed by atoms with Gasteiger partial charge in [-0.25, -0.2) is 4.98 Å². The molecule has 0 bridgehead atoms. The summed E-state index contributed by atoms with van der Waals surface area (Å²) in [4.78, 5) is 19.6. The van der Waals surface area contributed by atoms with E-state index in [9.17, 15) is 4.79 Å². The lowest BCUT2D eigenvalue weighted by atomic mass is 10.0. The zero-order valence-electron chi connectivity index (χ0n) is 18.0. The number of hydrogen-bond acceptors (Lipinski definition) is 6. The highest BCUT2D eigenvalue weighted by Gasteiger charge is 2.31. The van der Waals surface area contributed by atoms with E-state index in [0.29, 0.717) is 29.9 Å². The number of fused-ring (bicyclic) bond motifs is 1. The van der Waals surface area contributed by atoms with Crippen molar-refractivity contribution in [2.75, 3.05) is 25.5 Å². The van der Waals surface area contributed by atoms with E-state index in [-0.39, 0.29) is 11.9 Å². The predicted octanol–water partition coefficient (Wildman–Crippen LogP) is 4.40. The van der Waals surface area contributed by atoms with Gasteiger partial charge in [-0.2, -0.15) is 0 Å². The SMILES string of the molecule is Cc1ccc(-c2nc(SCC(=O)N3CCC[C@H]3c3ccc4c(c3)OCCCO4)n[nH]2)cc1. The summed E-state index contributed by atoms with van der Waals surface area (Å²) in [6.45, 7) is 4.14. The van der Waals surface area contributed by atoms with Crippen molar-refractivity contribution in [3.63, 3.8) is 0 Å². The molecule has 1 N–H and O–H groups in total. The number of nitrogens with one attached hydrogen (secondary N) is 1. The first-order chi connectivity index (χ1) is 15.7. The monoisotopic (exact) mass is 450 g/mol. The number of H-pyrrole nitrogens is 1. The molecule has 1 aromatic heterocycles. The predicted molar refractivity (Wildman–Crippen MR) is 123 cm³/mol. The Bertz CT molecular complexity index is 1100. The molecule has 2 aromatic carbocycles. The number of hydrogen-bond donors (Lipinski definition) is 1. The van der Waals surface area contributed by atoms with E-state index < -0.39 is 0 Å². The van der Waals surface area contributed by atoms with Gasteiger partial charge in [0.1, 0.15) is 0 Å². The molecular formula is C24H26N4O3S. The summed E-state index contributed by atoms with van der Waals surface area (Å²) in [7, 11) is 0. The Hall–Kier alpha value is -3.00. The number of carbonyl (C=O) groups is 1. The zero-order valence-corrected chi connectivity index (χ0v) is 18.9. The van der Waals surface area contributed by atoms with E-state index in [1.807, 2.05) is 41.3 Å². The van der Waals surface area contributed by atoms with Gasteiger partial charge in [-0.1, -0.05) is 47.7 Å². The lowest BCUT2D eigenvalue weighted by molar-refractivity contribution is -0.129. The minimum atomic E-state index is 0.0653. The molecule has 2 aliphatic heterocycles. The van der Waals surface area contributed by atoms with Gasteiger partial charge in [0.15, 0.2) is 17.3 Å². The highest BCUT2D eigenvalue weighted by molar-refractivity contribution is 7.99. The molecule has 0 aliphatic carbocycles. The molecule has 3 heterocycles. The van der Waals surface area contributed by atoms with Gasteiger partial charge < -0.3 is 14.4 Å². The Morgan fingerprint density at radius 1 is 1.12 bits per heavy atom. The molecule has 1 saturated heterocycles. The second-order valence-corrected chi connectivity index (χ2v) is 9.07. The van der Waals surface area contributed by atoms with Crippen molar-refractivity contribution < 1.29 is 14.3 Å². The number of likely N-dealkylation sites (tertiary alicyclic amines) is 1. The van der Waals surface area contributed by atoms with Crippen molar-refractivity contribution in [3.05, 3.63) is 53.6 Å². The molecule has 3 aromatic rings. The van der Waals surface area contributed by atoms with E-state index in [1.54, 1.807) is 0 Å². The van der Waals surface area contributed by atoms with Crippen molar-refractivity contribution in [3.8, 4) is 22.9 Å². The second kappa shape index (κ2) is 9.24. The first kappa shape index (κ1) is 20.9. The fraction of sp³-hybridized carbons (Fsp3) is 0.375. The van der Waals surface area contributed by atoms with E-state index >= 15 is 0 Å². The minimum Gasteiger partial charge on any atom is -0.490 e. The van der Waals surface area contributed by atoms with Gasteiger partial charge in [0.25, 0.3) is 0 Å². The lowest BCUT2D eigenvalue weighted by Gasteiger charge is -2.25. The molecule has 32 heavy (non-hydrogen) atoms. The zero-order chi connectivity index (χ0) is 21.9. The van der Waals surface area contributed by atoms with Crippen LogP contribution in [0.3, 0.4) is 0 Å². The maximum Gasteiger partial charge on any atom is 0.233 e. The molecule has 1 amide bonds. The van der Waals surface area contributed by atoms with Crippen LogP contribution < -0.4 is 9.47 Å². The Labute approximate surface area is 191 Å². The fourth-order valence-electron chi connectivity index (χ4n) is 4.16. The summed E-state index contributed by atoms with van der Waals surface area (Å²) in [5.74, 6) is 2.69. The van der Waals surface area contributed by atoms with Gasteiger partial charge in [0.05, 0.1) is 25.0 Å². The molecular weight excluding hydrogens is 424 g/mol. The minimum absolute atomic E-state index is 0.0653. The summed E-state index contributed by atoms with van der Waals surface area (Å²) < 4.78 is 11.6. The molecule has 1 atom stereocenters. The number of thioether (sulfide) groups is 1. The molecule has 0 unspecified atom stereocenters. The van der Waals surface area contributed by atoms with Crippen LogP contribution >= 0.6 is 11.8 Å². The Kier molecular flexibility index (Phi) is 6.03. The van der Waals surface area contributed by atoms with E-state index in [0.717, 1.165) is 48.4 Å². The summed E-state index contributed by atoms with van der Waals surface area (Å²) in [5.41, 5.74) is 3.28. The maximum absolute atomic E-state index is 13.0. The largest absolute Gasteiger partial charge is 0.490 e. The smallest absolute Gasteiger partial charge is 0.233 e. The van der Waals surface area contributed by atoms with Crippen LogP contribution in [-0.2, 0) is 4.79 Å². The molecule has 0 radical (unpaired) electrons. The highest BCUT2D eigenvalue weighted by atomic mass is 32.2. The Morgan fingerprint density at radius 2 is 1.94 bits per heavy atom. The van der Waals surface area contributed by atoms with Crippen LogP contribution in [0.15, 0.2) is 47.6 Å². The standard InChI is InChI=1S/C24H26N4O3S/c1-16-5-7-17(8-6-16)23-25-24(27-26-23)32-15-22(29)28-11-2-4-19(28)18-9-10-20-21(14-18)31-13-3-12-30-20/h5-10,14,19H,2-4,11-13,15H2,1H3,(H,25,26,27)/t19-/m0/s1. The maximum atomic E-state index is 13.0. The van der Waals surface area contributed by atoms with Gasteiger partial charge in [-0.15, -0.1) is 5.10 Å². The second-order valence-electron chi connectivity index (χ2n) is 8.12. The molecule has 2 aliphatic rings. The number of ether oxygens (including phenoxy) is 2. The van der Waals surface area contributed by atoms with Crippen LogP contribution in [-0.4, -0.2) is 51.5 Å². The molecule has 0 spiro atoms. The molecule has 5 rings (SSSR count). The van der Waals surface area contributed by atoms with Crippen molar-refractivity contribution in [2.45, 2.75) is 37.4 Å². The van der Waals surface area contributed by atoms with Crippen LogP contribution in [0, 0.1) is 6.92 Å². The number of aryl methyl sites for hydroxylation is 1. The average Bonchev–Trinajstić information content (AvgIpc) is 3.43. The van der Waals surface area contributed by atoms with E-state index in [4.69, 9.17) is 9.47 Å². The number of carbonyl (C=O) groups excluding carboxylic acids is 1. The van der Waals surface area contributed by atoms with Crippen molar-refractivity contribution in [2.24, 2.45) is 0 Å². The summed E-state index contributed by atoms with van der Waals surface area (Å²) >= 11 is 1.37. The van der Waals surface area contributed by atoms with Gasteiger partial charge in [0.2, 0.25) is 11.1 Å². The quantitative estimate of drug-likeness (QED) is 0.581. The number of benzene rings is 2. The third kappa shape index (κ3) is 4.46. The van der Waals surface area contributed by atoms with Gasteiger partial charge in [-0.3, -0.25) is 9.89 Å². The van der Waals surface area contributed by atoms with Crippen LogP contribution in [0.5, 0.6) is 11.5 Å². The fourth-order valence-corrected chi connectivity index (χ4v) is 4.84. The average molecular weight is 451 g/mol. The first-order valence-electron chi connectivity index (χ1n) is 11.0. The van der Waals surface area contributed by atoms with Gasteiger partial charge in [-0.05, 0) is 37.5 Å². The number of nitrogens with zero attached hydrogens (tertiary/aromatic N) is 3. The van der Waals surface area contributed by atoms with Crippen molar-refractivity contribution in [1.82, 2.24) is 20.1 Å². The van der Waals surface area contributed by atoms with Crippen LogP contribution in [0.1, 0.15) is 36.4 Å². The molecule has 1 fully saturated rings. The molecule has 0 saturated carbocycles. The van der Waals surface area contributed by atoms with E-state index in [1.165, 1.54) is 17.3 Å².